The smallest absolute Gasteiger partial charge is 0.150 e. The first-order valence-electron chi connectivity index (χ1n) is 6.09. The molecule has 17 heavy (non-hydrogen) atoms. The average Bonchev–Trinajstić information content (AvgIpc) is 2.82. The molecular weight excluding hydrogens is 217 g/mol. The molecular formula is C14H18FNO. The van der Waals surface area contributed by atoms with E-state index in [4.69, 9.17) is 5.73 Å². The van der Waals surface area contributed by atoms with E-state index in [1.165, 1.54) is 6.07 Å². The predicted octanol–water partition coefficient (Wildman–Crippen LogP) is 2.72. The molecule has 1 aromatic carbocycles. The molecule has 0 aromatic heterocycles. The Labute approximate surface area is 101 Å². The lowest BCUT2D eigenvalue weighted by Gasteiger charge is -2.29. The number of carbonyl (C=O) groups is 1. The minimum absolute atomic E-state index is 0.116. The van der Waals surface area contributed by atoms with E-state index in [9.17, 15) is 9.18 Å². The van der Waals surface area contributed by atoms with E-state index in [-0.39, 0.29) is 11.2 Å². The number of hydrogen-bond acceptors (Lipinski definition) is 2. The van der Waals surface area contributed by atoms with Crippen molar-refractivity contribution in [1.82, 2.24) is 0 Å². The normalized spacial score (nSPS) is 18.3. The number of hydrogen-bond donors (Lipinski definition) is 1. The standard InChI is InChI=1S/C14H18FNO/c1-10-6-12(11(8-17)7-13(10)15)14(9-16)4-2-3-5-14/h6-8H,2-5,9,16H2,1H3. The number of carbonyl (C=O) groups excluding carboxylic acids is 1. The van der Waals surface area contributed by atoms with Crippen molar-refractivity contribution in [2.45, 2.75) is 38.0 Å². The van der Waals surface area contributed by atoms with Crippen LogP contribution in [0.3, 0.4) is 0 Å². The van der Waals surface area contributed by atoms with Gasteiger partial charge in [0.1, 0.15) is 12.1 Å². The molecule has 0 spiro atoms. The van der Waals surface area contributed by atoms with Crippen molar-refractivity contribution >= 4 is 6.29 Å². The van der Waals surface area contributed by atoms with Gasteiger partial charge in [0.15, 0.2) is 0 Å². The Bertz CT molecular complexity index is 436. The molecule has 0 heterocycles. The molecule has 0 unspecified atom stereocenters. The van der Waals surface area contributed by atoms with Crippen LogP contribution in [0.25, 0.3) is 0 Å². The molecule has 0 bridgehead atoms. The number of aldehydes is 1. The molecule has 0 aliphatic heterocycles. The molecule has 1 aliphatic rings. The lowest BCUT2D eigenvalue weighted by atomic mass is 9.76. The van der Waals surface area contributed by atoms with Crippen molar-refractivity contribution < 1.29 is 9.18 Å². The topological polar surface area (TPSA) is 43.1 Å². The zero-order chi connectivity index (χ0) is 12.5. The third-order valence-electron chi connectivity index (χ3n) is 3.98. The van der Waals surface area contributed by atoms with Gasteiger partial charge in [0.05, 0.1) is 0 Å². The predicted molar refractivity (Wildman–Crippen MR) is 65.7 cm³/mol. The summed E-state index contributed by atoms with van der Waals surface area (Å²) in [7, 11) is 0. The van der Waals surface area contributed by atoms with Crippen LogP contribution in [-0.4, -0.2) is 12.8 Å². The highest BCUT2D eigenvalue weighted by atomic mass is 19.1. The summed E-state index contributed by atoms with van der Waals surface area (Å²) in [5.74, 6) is -0.319. The van der Waals surface area contributed by atoms with Gasteiger partial charge < -0.3 is 5.73 Å². The SMILES string of the molecule is Cc1cc(C2(CN)CCCC2)c(C=O)cc1F. The number of aryl methyl sites for hydroxylation is 1. The molecule has 2 rings (SSSR count). The summed E-state index contributed by atoms with van der Waals surface area (Å²) in [5.41, 5.74) is 7.77. The average molecular weight is 235 g/mol. The quantitative estimate of drug-likeness (QED) is 0.818. The van der Waals surface area contributed by atoms with Gasteiger partial charge in [-0.3, -0.25) is 4.79 Å². The Morgan fingerprint density at radius 1 is 1.41 bits per heavy atom. The molecule has 2 nitrogen and oxygen atoms in total. The summed E-state index contributed by atoms with van der Waals surface area (Å²) in [4.78, 5) is 11.1. The Balaban J connectivity index is 2.56. The highest BCUT2D eigenvalue weighted by Crippen LogP contribution is 2.41. The molecule has 92 valence electrons. The van der Waals surface area contributed by atoms with E-state index in [2.05, 4.69) is 0 Å². The Morgan fingerprint density at radius 3 is 2.59 bits per heavy atom. The second kappa shape index (κ2) is 4.57. The number of rotatable bonds is 3. The van der Waals surface area contributed by atoms with Crippen LogP contribution in [-0.2, 0) is 5.41 Å². The summed E-state index contributed by atoms with van der Waals surface area (Å²) in [6.45, 7) is 2.26. The molecule has 1 aliphatic carbocycles. The van der Waals surface area contributed by atoms with Crippen LogP contribution in [0.2, 0.25) is 0 Å². The molecule has 0 amide bonds. The van der Waals surface area contributed by atoms with Crippen LogP contribution in [0.4, 0.5) is 4.39 Å². The maximum absolute atomic E-state index is 13.5. The maximum atomic E-state index is 13.5. The largest absolute Gasteiger partial charge is 0.330 e. The molecule has 1 fully saturated rings. The van der Waals surface area contributed by atoms with Gasteiger partial charge in [-0.25, -0.2) is 4.39 Å². The van der Waals surface area contributed by atoms with Crippen molar-refractivity contribution in [1.29, 1.82) is 0 Å². The van der Waals surface area contributed by atoms with Crippen molar-refractivity contribution in [2.75, 3.05) is 6.54 Å². The number of halogens is 1. The van der Waals surface area contributed by atoms with Crippen molar-refractivity contribution in [2.24, 2.45) is 5.73 Å². The molecule has 0 saturated heterocycles. The van der Waals surface area contributed by atoms with Crippen LogP contribution in [0.5, 0.6) is 0 Å². The lowest BCUT2D eigenvalue weighted by Crippen LogP contribution is -2.33. The van der Waals surface area contributed by atoms with Gasteiger partial charge in [-0.15, -0.1) is 0 Å². The van der Waals surface area contributed by atoms with E-state index in [0.717, 1.165) is 37.5 Å². The molecule has 1 aromatic rings. The summed E-state index contributed by atoms with van der Waals surface area (Å²) < 4.78 is 13.5. The summed E-state index contributed by atoms with van der Waals surface area (Å²) in [6, 6.07) is 3.14. The fraction of sp³-hybridized carbons (Fsp3) is 0.500. The third-order valence-corrected chi connectivity index (χ3v) is 3.98. The monoisotopic (exact) mass is 235 g/mol. The van der Waals surface area contributed by atoms with E-state index in [1.807, 2.05) is 0 Å². The third kappa shape index (κ3) is 2.00. The first kappa shape index (κ1) is 12.2. The van der Waals surface area contributed by atoms with Crippen LogP contribution >= 0.6 is 0 Å². The highest BCUT2D eigenvalue weighted by Gasteiger charge is 2.36. The summed E-state index contributed by atoms with van der Waals surface area (Å²) in [5, 5.41) is 0. The van der Waals surface area contributed by atoms with E-state index in [1.54, 1.807) is 13.0 Å². The maximum Gasteiger partial charge on any atom is 0.150 e. The summed E-state index contributed by atoms with van der Waals surface area (Å²) >= 11 is 0. The van der Waals surface area contributed by atoms with Gasteiger partial charge in [-0.2, -0.15) is 0 Å². The minimum atomic E-state index is -0.319. The first-order valence-corrected chi connectivity index (χ1v) is 6.09. The van der Waals surface area contributed by atoms with Crippen LogP contribution in [0, 0.1) is 12.7 Å². The Morgan fingerprint density at radius 2 is 2.06 bits per heavy atom. The highest BCUT2D eigenvalue weighted by molar-refractivity contribution is 5.78. The molecule has 2 N–H and O–H groups in total. The fourth-order valence-corrected chi connectivity index (χ4v) is 2.89. The van der Waals surface area contributed by atoms with Gasteiger partial charge in [0.2, 0.25) is 0 Å². The molecule has 3 heteroatoms. The zero-order valence-corrected chi connectivity index (χ0v) is 10.1. The van der Waals surface area contributed by atoms with E-state index >= 15 is 0 Å². The van der Waals surface area contributed by atoms with Gasteiger partial charge in [-0.05, 0) is 37.0 Å². The number of nitrogens with two attached hydrogens (primary N) is 1. The zero-order valence-electron chi connectivity index (χ0n) is 10.1. The molecule has 0 radical (unpaired) electrons. The summed E-state index contributed by atoms with van der Waals surface area (Å²) in [6.07, 6.45) is 5.00. The Kier molecular flexibility index (Phi) is 3.29. The fourth-order valence-electron chi connectivity index (χ4n) is 2.89. The molecule has 1 saturated carbocycles. The van der Waals surface area contributed by atoms with Crippen molar-refractivity contribution in [3.63, 3.8) is 0 Å². The second-order valence-corrected chi connectivity index (χ2v) is 5.00. The first-order chi connectivity index (χ1) is 8.13. The van der Waals surface area contributed by atoms with Crippen LogP contribution in [0.1, 0.15) is 47.2 Å². The van der Waals surface area contributed by atoms with Gasteiger partial charge >= 0.3 is 0 Å². The van der Waals surface area contributed by atoms with Gasteiger partial charge in [0, 0.05) is 17.5 Å². The van der Waals surface area contributed by atoms with E-state index in [0.29, 0.717) is 17.7 Å². The van der Waals surface area contributed by atoms with Crippen molar-refractivity contribution in [3.05, 3.63) is 34.6 Å². The lowest BCUT2D eigenvalue weighted by molar-refractivity contribution is 0.112. The minimum Gasteiger partial charge on any atom is -0.330 e. The van der Waals surface area contributed by atoms with Crippen LogP contribution in [0.15, 0.2) is 12.1 Å². The second-order valence-electron chi connectivity index (χ2n) is 5.00. The van der Waals surface area contributed by atoms with Crippen molar-refractivity contribution in [3.8, 4) is 0 Å². The van der Waals surface area contributed by atoms with E-state index < -0.39 is 0 Å². The van der Waals surface area contributed by atoms with Crippen LogP contribution < -0.4 is 5.73 Å². The van der Waals surface area contributed by atoms with Gasteiger partial charge in [-0.1, -0.05) is 18.9 Å². The Hall–Kier alpha value is -1.22. The van der Waals surface area contributed by atoms with Gasteiger partial charge in [0.25, 0.3) is 0 Å². The molecule has 0 atom stereocenters. The number of benzene rings is 1.